The number of amides is 2. The quantitative estimate of drug-likeness (QED) is 0.652. The van der Waals surface area contributed by atoms with E-state index in [0.717, 1.165) is 22.4 Å². The van der Waals surface area contributed by atoms with Crippen molar-refractivity contribution in [2.45, 2.75) is 51.7 Å². The second-order valence-electron chi connectivity index (χ2n) is 5.98. The van der Waals surface area contributed by atoms with Crippen molar-refractivity contribution >= 4 is 34.6 Å². The first-order valence-corrected chi connectivity index (χ1v) is 8.41. The van der Waals surface area contributed by atoms with Gasteiger partial charge in [0.25, 0.3) is 0 Å². The van der Waals surface area contributed by atoms with Crippen LogP contribution in [-0.2, 0) is 4.79 Å². The van der Waals surface area contributed by atoms with Gasteiger partial charge in [-0.2, -0.15) is 0 Å². The standard InChI is InChI=1S/C14H21IN4O3/c1-7(2)11(18-14(21)22)13(20)19-8(3)4-5-9(19)12-16-6-10(15)17-12/h6-9,11,18H,4-5H2,1-3H3,(H,16,17)(H,21,22)/t8-,9-,11-/m0/s1. The topological polar surface area (TPSA) is 98.3 Å². The number of carboxylic acid groups (broad SMARTS) is 1. The fraction of sp³-hybridized carbons (Fsp3) is 0.643. The van der Waals surface area contributed by atoms with Crippen LogP contribution in [0, 0.1) is 9.62 Å². The van der Waals surface area contributed by atoms with Crippen LogP contribution in [0.5, 0.6) is 0 Å². The Hall–Kier alpha value is -1.32. The zero-order valence-electron chi connectivity index (χ0n) is 12.8. The number of carbonyl (C=O) groups excluding carboxylic acids is 1. The van der Waals surface area contributed by atoms with Crippen LogP contribution in [0.15, 0.2) is 6.20 Å². The summed E-state index contributed by atoms with van der Waals surface area (Å²) in [7, 11) is 0. The highest BCUT2D eigenvalue weighted by molar-refractivity contribution is 14.1. The average molecular weight is 420 g/mol. The number of rotatable bonds is 4. The Morgan fingerprint density at radius 2 is 2.18 bits per heavy atom. The van der Waals surface area contributed by atoms with Crippen LogP contribution in [0.3, 0.4) is 0 Å². The van der Waals surface area contributed by atoms with Crippen molar-refractivity contribution in [2.75, 3.05) is 0 Å². The highest BCUT2D eigenvalue weighted by Gasteiger charge is 2.40. The number of aromatic amines is 1. The molecule has 1 aliphatic rings. The zero-order chi connectivity index (χ0) is 16.4. The molecule has 0 spiro atoms. The second kappa shape index (κ2) is 6.84. The molecule has 0 unspecified atom stereocenters. The summed E-state index contributed by atoms with van der Waals surface area (Å²) in [6.45, 7) is 5.66. The summed E-state index contributed by atoms with van der Waals surface area (Å²) in [5.74, 6) is 0.465. The minimum Gasteiger partial charge on any atom is -0.465 e. The van der Waals surface area contributed by atoms with Crippen LogP contribution in [0.4, 0.5) is 4.79 Å². The molecule has 1 fully saturated rings. The summed E-state index contributed by atoms with van der Waals surface area (Å²) in [4.78, 5) is 33.1. The molecule has 1 saturated heterocycles. The van der Waals surface area contributed by atoms with Gasteiger partial charge in [-0.05, 0) is 48.3 Å². The number of nitrogens with one attached hydrogen (secondary N) is 2. The monoisotopic (exact) mass is 420 g/mol. The molecule has 1 aromatic heterocycles. The fourth-order valence-corrected chi connectivity index (χ4v) is 3.33. The van der Waals surface area contributed by atoms with E-state index in [1.54, 1.807) is 11.1 Å². The first kappa shape index (κ1) is 17.0. The van der Waals surface area contributed by atoms with E-state index in [2.05, 4.69) is 37.9 Å². The van der Waals surface area contributed by atoms with Crippen molar-refractivity contribution in [3.63, 3.8) is 0 Å². The maximum atomic E-state index is 12.9. The maximum absolute atomic E-state index is 12.9. The molecule has 1 aromatic rings. The van der Waals surface area contributed by atoms with Gasteiger partial charge < -0.3 is 20.3 Å². The van der Waals surface area contributed by atoms with Crippen molar-refractivity contribution in [2.24, 2.45) is 5.92 Å². The molecule has 7 nitrogen and oxygen atoms in total. The van der Waals surface area contributed by atoms with Gasteiger partial charge in [-0.3, -0.25) is 4.79 Å². The van der Waals surface area contributed by atoms with Gasteiger partial charge in [-0.25, -0.2) is 9.78 Å². The lowest BCUT2D eigenvalue weighted by atomic mass is 10.0. The second-order valence-corrected chi connectivity index (χ2v) is 7.14. The molecule has 3 atom stereocenters. The van der Waals surface area contributed by atoms with E-state index in [4.69, 9.17) is 5.11 Å². The van der Waals surface area contributed by atoms with Gasteiger partial charge in [0.15, 0.2) is 0 Å². The molecule has 122 valence electrons. The highest BCUT2D eigenvalue weighted by atomic mass is 127. The molecule has 2 amide bonds. The smallest absolute Gasteiger partial charge is 0.405 e. The largest absolute Gasteiger partial charge is 0.465 e. The molecular weight excluding hydrogens is 399 g/mol. The van der Waals surface area contributed by atoms with Crippen LogP contribution >= 0.6 is 22.6 Å². The average Bonchev–Trinajstić information content (AvgIpc) is 3.00. The van der Waals surface area contributed by atoms with Crippen LogP contribution in [-0.4, -0.2) is 44.1 Å². The molecule has 0 aromatic carbocycles. The summed E-state index contributed by atoms with van der Waals surface area (Å²) < 4.78 is 0.920. The first-order chi connectivity index (χ1) is 10.3. The lowest BCUT2D eigenvalue weighted by Gasteiger charge is -2.32. The van der Waals surface area contributed by atoms with Gasteiger partial charge >= 0.3 is 6.09 Å². The molecule has 0 radical (unpaired) electrons. The third-order valence-electron chi connectivity index (χ3n) is 4.01. The minimum absolute atomic E-state index is 0.0668. The number of imidazole rings is 1. The number of carbonyl (C=O) groups is 2. The number of likely N-dealkylation sites (tertiary alicyclic amines) is 1. The van der Waals surface area contributed by atoms with Crippen molar-refractivity contribution in [3.05, 3.63) is 15.7 Å². The Bertz CT molecular complexity index is 560. The van der Waals surface area contributed by atoms with E-state index in [9.17, 15) is 9.59 Å². The van der Waals surface area contributed by atoms with Crippen molar-refractivity contribution in [1.82, 2.24) is 20.2 Å². The molecular formula is C14H21IN4O3. The van der Waals surface area contributed by atoms with Crippen LogP contribution < -0.4 is 5.32 Å². The van der Waals surface area contributed by atoms with Crippen molar-refractivity contribution in [1.29, 1.82) is 0 Å². The van der Waals surface area contributed by atoms with Gasteiger partial charge in [0, 0.05) is 6.04 Å². The number of hydrogen-bond acceptors (Lipinski definition) is 3. The molecule has 0 saturated carbocycles. The number of aromatic nitrogens is 2. The molecule has 0 bridgehead atoms. The van der Waals surface area contributed by atoms with Gasteiger partial charge in [0.1, 0.15) is 11.9 Å². The van der Waals surface area contributed by atoms with Crippen LogP contribution in [0.1, 0.15) is 45.5 Å². The molecule has 8 heteroatoms. The molecule has 3 N–H and O–H groups in total. The Balaban J connectivity index is 2.25. The van der Waals surface area contributed by atoms with E-state index in [1.165, 1.54) is 0 Å². The Labute approximate surface area is 143 Å². The van der Waals surface area contributed by atoms with E-state index in [-0.39, 0.29) is 23.9 Å². The first-order valence-electron chi connectivity index (χ1n) is 7.33. The van der Waals surface area contributed by atoms with E-state index < -0.39 is 12.1 Å². The van der Waals surface area contributed by atoms with Gasteiger partial charge in [-0.1, -0.05) is 13.8 Å². The number of hydrogen-bond donors (Lipinski definition) is 3. The lowest BCUT2D eigenvalue weighted by molar-refractivity contribution is -0.137. The predicted molar refractivity (Wildman–Crippen MR) is 89.4 cm³/mol. The number of halogens is 1. The van der Waals surface area contributed by atoms with Gasteiger partial charge in [0.2, 0.25) is 5.91 Å². The highest BCUT2D eigenvalue weighted by Crippen LogP contribution is 2.35. The molecule has 0 aliphatic carbocycles. The van der Waals surface area contributed by atoms with Gasteiger partial charge in [0.05, 0.1) is 15.9 Å². The zero-order valence-corrected chi connectivity index (χ0v) is 15.0. The molecule has 2 rings (SSSR count). The SMILES string of the molecule is CC(C)[C@H](NC(=O)O)C(=O)N1[C@@H](C)CC[C@H]1c1ncc(I)[nH]1. The molecule has 2 heterocycles. The number of H-pyrrole nitrogens is 1. The summed E-state index contributed by atoms with van der Waals surface area (Å²) in [5.41, 5.74) is 0. The Morgan fingerprint density at radius 3 is 2.68 bits per heavy atom. The lowest BCUT2D eigenvalue weighted by Crippen LogP contribution is -2.52. The third-order valence-corrected chi connectivity index (χ3v) is 4.56. The molecule has 1 aliphatic heterocycles. The van der Waals surface area contributed by atoms with Crippen LogP contribution in [0.2, 0.25) is 0 Å². The van der Waals surface area contributed by atoms with Gasteiger partial charge in [-0.15, -0.1) is 0 Å². The predicted octanol–water partition coefficient (Wildman–Crippen LogP) is 2.36. The summed E-state index contributed by atoms with van der Waals surface area (Å²) in [5, 5.41) is 11.3. The molecule has 22 heavy (non-hydrogen) atoms. The fourth-order valence-electron chi connectivity index (χ4n) is 2.91. The van der Waals surface area contributed by atoms with E-state index in [1.807, 2.05) is 20.8 Å². The van der Waals surface area contributed by atoms with E-state index >= 15 is 0 Å². The van der Waals surface area contributed by atoms with Crippen molar-refractivity contribution < 1.29 is 14.7 Å². The van der Waals surface area contributed by atoms with Crippen molar-refractivity contribution in [3.8, 4) is 0 Å². The number of nitrogens with zero attached hydrogens (tertiary/aromatic N) is 2. The summed E-state index contributed by atoms with van der Waals surface area (Å²) in [6.07, 6.45) is 2.26. The third kappa shape index (κ3) is 3.53. The Morgan fingerprint density at radius 1 is 1.50 bits per heavy atom. The van der Waals surface area contributed by atoms with E-state index in [0.29, 0.717) is 0 Å². The summed E-state index contributed by atoms with van der Waals surface area (Å²) >= 11 is 2.15. The summed E-state index contributed by atoms with van der Waals surface area (Å²) in [6, 6.07) is -0.797. The van der Waals surface area contributed by atoms with Crippen LogP contribution in [0.25, 0.3) is 0 Å². The normalized spacial score (nSPS) is 22.9. The minimum atomic E-state index is -1.18. The maximum Gasteiger partial charge on any atom is 0.405 e. The Kier molecular flexibility index (Phi) is 5.30.